The molecule has 0 aliphatic carbocycles. The predicted molar refractivity (Wildman–Crippen MR) is 104 cm³/mol. The summed E-state index contributed by atoms with van der Waals surface area (Å²) < 4.78 is 20.2. The lowest BCUT2D eigenvalue weighted by molar-refractivity contribution is 0.0194. The minimum atomic E-state index is -0.507. The number of fused-ring (bicyclic) bond motifs is 1. The largest absolute Gasteiger partial charge is 0.503 e. The number of benzene rings is 1. The molecule has 8 heteroatoms. The Morgan fingerprint density at radius 3 is 2.48 bits per heavy atom. The molecule has 3 heterocycles. The monoisotopic (exact) mass is 401 g/mol. The Morgan fingerprint density at radius 2 is 1.79 bits per heavy atom. The Kier molecular flexibility index (Phi) is 5.38. The first-order valence-corrected chi connectivity index (χ1v) is 9.77. The molecule has 2 aliphatic rings. The van der Waals surface area contributed by atoms with Crippen LogP contribution in [0.15, 0.2) is 35.3 Å². The maximum Gasteiger partial charge on any atom is 0.274 e. The topological polar surface area (TPSA) is 75.0 Å². The van der Waals surface area contributed by atoms with Gasteiger partial charge in [0.15, 0.2) is 11.4 Å². The van der Waals surface area contributed by atoms with Crippen molar-refractivity contribution in [2.24, 2.45) is 0 Å². The third-order valence-electron chi connectivity index (χ3n) is 5.71. The Balaban J connectivity index is 1.61. The van der Waals surface area contributed by atoms with Crippen molar-refractivity contribution < 1.29 is 19.0 Å². The molecule has 0 spiro atoms. The van der Waals surface area contributed by atoms with E-state index in [4.69, 9.17) is 4.74 Å². The van der Waals surface area contributed by atoms with Gasteiger partial charge in [-0.2, -0.15) is 0 Å². The lowest BCUT2D eigenvalue weighted by atomic mass is 10.0. The molecule has 1 unspecified atom stereocenters. The van der Waals surface area contributed by atoms with Gasteiger partial charge in [0.05, 0.1) is 13.2 Å². The van der Waals surface area contributed by atoms with Gasteiger partial charge in [0.1, 0.15) is 5.82 Å². The Labute approximate surface area is 167 Å². The zero-order valence-electron chi connectivity index (χ0n) is 16.3. The highest BCUT2D eigenvalue weighted by Crippen LogP contribution is 2.26. The maximum absolute atomic E-state index is 13.1. The molecule has 1 saturated heterocycles. The zero-order chi connectivity index (χ0) is 20.5. The van der Waals surface area contributed by atoms with Crippen LogP contribution in [0.4, 0.5) is 4.39 Å². The molecule has 1 N–H and O–H groups in total. The fourth-order valence-corrected chi connectivity index (χ4v) is 3.97. The summed E-state index contributed by atoms with van der Waals surface area (Å²) in [5.74, 6) is -1.24. The van der Waals surface area contributed by atoms with E-state index in [1.807, 2.05) is 6.92 Å². The summed E-state index contributed by atoms with van der Waals surface area (Å²) in [5, 5.41) is 10.6. The van der Waals surface area contributed by atoms with Crippen molar-refractivity contribution in [3.63, 3.8) is 0 Å². The van der Waals surface area contributed by atoms with Crippen LogP contribution in [0.5, 0.6) is 5.75 Å². The second kappa shape index (κ2) is 7.96. The van der Waals surface area contributed by atoms with Crippen molar-refractivity contribution in [2.45, 2.75) is 26.1 Å². The van der Waals surface area contributed by atoms with E-state index < -0.39 is 17.1 Å². The van der Waals surface area contributed by atoms with E-state index in [9.17, 15) is 19.1 Å². The molecule has 1 amide bonds. The Hall–Kier alpha value is -2.71. The molecule has 154 valence electrons. The molecule has 29 heavy (non-hydrogen) atoms. The number of hydrogen-bond donors (Lipinski definition) is 1. The molecule has 7 nitrogen and oxygen atoms in total. The third kappa shape index (κ3) is 3.77. The molecule has 2 aliphatic heterocycles. The summed E-state index contributed by atoms with van der Waals surface area (Å²) in [6.45, 7) is 5.79. The molecule has 1 aromatic carbocycles. The second-order valence-electron chi connectivity index (χ2n) is 7.48. The van der Waals surface area contributed by atoms with Gasteiger partial charge < -0.3 is 19.3 Å². The average Bonchev–Trinajstić information content (AvgIpc) is 2.74. The molecule has 0 radical (unpaired) electrons. The summed E-state index contributed by atoms with van der Waals surface area (Å²) in [5.41, 5.74) is 0.772. The maximum atomic E-state index is 13.1. The lowest BCUT2D eigenvalue weighted by Crippen LogP contribution is -2.43. The number of ether oxygens (including phenoxy) is 1. The van der Waals surface area contributed by atoms with E-state index in [1.54, 1.807) is 27.8 Å². The normalized spacial score (nSPS) is 18.6. The summed E-state index contributed by atoms with van der Waals surface area (Å²) in [6.07, 6.45) is 1.70. The first-order valence-electron chi connectivity index (χ1n) is 9.77. The minimum absolute atomic E-state index is 0.0151. The highest BCUT2D eigenvalue weighted by Gasteiger charge is 2.31. The molecule has 1 atom stereocenters. The fourth-order valence-electron chi connectivity index (χ4n) is 3.97. The van der Waals surface area contributed by atoms with E-state index >= 15 is 0 Å². The number of carbonyl (C=O) groups is 1. The van der Waals surface area contributed by atoms with Crippen molar-refractivity contribution in [1.29, 1.82) is 0 Å². The van der Waals surface area contributed by atoms with Crippen LogP contribution in [-0.4, -0.2) is 58.2 Å². The molecular weight excluding hydrogens is 377 g/mol. The van der Waals surface area contributed by atoms with Gasteiger partial charge in [-0.3, -0.25) is 14.5 Å². The number of aromatic nitrogens is 1. The van der Waals surface area contributed by atoms with Crippen molar-refractivity contribution in [3.05, 3.63) is 63.3 Å². The van der Waals surface area contributed by atoms with Crippen LogP contribution >= 0.6 is 0 Å². The number of halogens is 1. The summed E-state index contributed by atoms with van der Waals surface area (Å²) in [6, 6.07) is 5.76. The van der Waals surface area contributed by atoms with Gasteiger partial charge >= 0.3 is 0 Å². The summed E-state index contributed by atoms with van der Waals surface area (Å²) in [7, 11) is 0. The Bertz CT molecular complexity index is 967. The molecule has 2 aromatic rings. The van der Waals surface area contributed by atoms with Gasteiger partial charge in [0, 0.05) is 50.5 Å². The minimum Gasteiger partial charge on any atom is -0.503 e. The molecule has 0 bridgehead atoms. The van der Waals surface area contributed by atoms with E-state index in [2.05, 4.69) is 4.90 Å². The van der Waals surface area contributed by atoms with Crippen LogP contribution in [0, 0.1) is 5.82 Å². The standard InChI is InChI=1S/C21H24FN3O4/c1-14(23-8-10-29-11-9-23)17-13-24-6-7-25(12-15-2-4-16(22)5-3-15)21(28)18(24)20(27)19(17)26/h2-5,13-14,27H,6-12H2,1H3. The van der Waals surface area contributed by atoms with Gasteiger partial charge in [0.25, 0.3) is 5.91 Å². The molecular formula is C21H24FN3O4. The summed E-state index contributed by atoms with van der Waals surface area (Å²) in [4.78, 5) is 29.5. The van der Waals surface area contributed by atoms with Crippen LogP contribution < -0.4 is 5.43 Å². The number of nitrogens with zero attached hydrogens (tertiary/aromatic N) is 3. The van der Waals surface area contributed by atoms with Crippen molar-refractivity contribution >= 4 is 5.91 Å². The Morgan fingerprint density at radius 1 is 1.10 bits per heavy atom. The van der Waals surface area contributed by atoms with Crippen LogP contribution in [-0.2, 0) is 17.8 Å². The van der Waals surface area contributed by atoms with Crippen LogP contribution in [0.25, 0.3) is 0 Å². The highest BCUT2D eigenvalue weighted by atomic mass is 19.1. The van der Waals surface area contributed by atoms with Gasteiger partial charge in [0.2, 0.25) is 5.43 Å². The number of rotatable bonds is 4. The number of morpholine rings is 1. The molecule has 4 rings (SSSR count). The molecule has 1 aromatic heterocycles. The molecule has 0 saturated carbocycles. The first-order chi connectivity index (χ1) is 14.0. The van der Waals surface area contributed by atoms with Gasteiger partial charge in [-0.05, 0) is 24.6 Å². The number of pyridine rings is 1. The average molecular weight is 401 g/mol. The fraction of sp³-hybridized carbons (Fsp3) is 0.429. The zero-order valence-corrected chi connectivity index (χ0v) is 16.3. The van der Waals surface area contributed by atoms with Gasteiger partial charge in [-0.1, -0.05) is 12.1 Å². The van der Waals surface area contributed by atoms with E-state index in [1.165, 1.54) is 12.1 Å². The van der Waals surface area contributed by atoms with Gasteiger partial charge in [-0.15, -0.1) is 0 Å². The van der Waals surface area contributed by atoms with Crippen molar-refractivity contribution in [2.75, 3.05) is 32.8 Å². The number of amides is 1. The van der Waals surface area contributed by atoms with Crippen molar-refractivity contribution in [3.8, 4) is 5.75 Å². The van der Waals surface area contributed by atoms with Crippen LogP contribution in [0.1, 0.15) is 34.6 Å². The third-order valence-corrected chi connectivity index (χ3v) is 5.71. The van der Waals surface area contributed by atoms with Crippen molar-refractivity contribution in [1.82, 2.24) is 14.4 Å². The quantitative estimate of drug-likeness (QED) is 0.845. The first kappa shape index (κ1) is 19.6. The van der Waals surface area contributed by atoms with E-state index in [-0.39, 0.29) is 17.6 Å². The van der Waals surface area contributed by atoms with Gasteiger partial charge in [-0.25, -0.2) is 4.39 Å². The smallest absolute Gasteiger partial charge is 0.274 e. The second-order valence-corrected chi connectivity index (χ2v) is 7.48. The highest BCUT2D eigenvalue weighted by molar-refractivity contribution is 5.95. The number of hydrogen-bond acceptors (Lipinski definition) is 5. The SMILES string of the molecule is CC(c1cn2c(c(O)c1=O)C(=O)N(Cc1ccc(F)cc1)CC2)N1CCOCC1. The predicted octanol–water partition coefficient (Wildman–Crippen LogP) is 1.74. The van der Waals surface area contributed by atoms with E-state index in [0.717, 1.165) is 5.56 Å². The number of aromatic hydroxyl groups is 1. The van der Waals surface area contributed by atoms with Crippen LogP contribution in [0.2, 0.25) is 0 Å². The van der Waals surface area contributed by atoms with E-state index in [0.29, 0.717) is 51.5 Å². The number of carbonyl (C=O) groups excluding carboxylic acids is 1. The summed E-state index contributed by atoms with van der Waals surface area (Å²) >= 11 is 0. The lowest BCUT2D eigenvalue weighted by Gasteiger charge is -2.34. The molecule has 1 fully saturated rings. The van der Waals surface area contributed by atoms with Crippen LogP contribution in [0.3, 0.4) is 0 Å².